The summed E-state index contributed by atoms with van der Waals surface area (Å²) in [6.45, 7) is 8.19. The van der Waals surface area contributed by atoms with E-state index >= 15 is 0 Å². The van der Waals surface area contributed by atoms with Crippen molar-refractivity contribution in [3.8, 4) is 5.75 Å². The number of rotatable bonds is 3. The average Bonchev–Trinajstić information content (AvgIpc) is 2.75. The van der Waals surface area contributed by atoms with Crippen molar-refractivity contribution in [2.24, 2.45) is 0 Å². The first-order chi connectivity index (χ1) is 12.2. The monoisotopic (exact) mass is 358 g/mol. The van der Waals surface area contributed by atoms with Crippen LogP contribution in [0.25, 0.3) is 5.47 Å². The first kappa shape index (κ1) is 19.0. The summed E-state index contributed by atoms with van der Waals surface area (Å²) >= 11 is 0. The van der Waals surface area contributed by atoms with Crippen molar-refractivity contribution in [1.82, 2.24) is 0 Å². The molecule has 0 spiro atoms. The maximum atomic E-state index is 12.1. The van der Waals surface area contributed by atoms with Gasteiger partial charge in [-0.1, -0.05) is 12.1 Å². The van der Waals surface area contributed by atoms with Crippen molar-refractivity contribution in [2.75, 3.05) is 14.2 Å². The van der Waals surface area contributed by atoms with Crippen LogP contribution in [0.3, 0.4) is 0 Å². The number of hydrogen-bond acceptors (Lipinski definition) is 5. The second kappa shape index (κ2) is 6.74. The van der Waals surface area contributed by atoms with E-state index in [0.29, 0.717) is 11.3 Å². The van der Waals surface area contributed by atoms with Crippen molar-refractivity contribution >= 4 is 18.6 Å². The highest BCUT2D eigenvalue weighted by atomic mass is 16.7. The fourth-order valence-electron chi connectivity index (χ4n) is 3.49. The SMILES string of the molecule is COC(=O)c1ccc2c(c1OC)CCCC=C2B1OC(C)(C)C(C)(C)O1. The Labute approximate surface area is 155 Å². The number of esters is 1. The van der Waals surface area contributed by atoms with Crippen LogP contribution in [-0.2, 0) is 20.5 Å². The van der Waals surface area contributed by atoms with E-state index in [1.54, 1.807) is 13.2 Å². The summed E-state index contributed by atoms with van der Waals surface area (Å²) in [6.07, 6.45) is 4.90. The molecule has 1 aromatic carbocycles. The van der Waals surface area contributed by atoms with Gasteiger partial charge in [-0.25, -0.2) is 4.79 Å². The molecule has 0 unspecified atom stereocenters. The number of allylic oxidation sites excluding steroid dienone is 1. The van der Waals surface area contributed by atoms with Gasteiger partial charge in [0.05, 0.1) is 25.4 Å². The van der Waals surface area contributed by atoms with Crippen molar-refractivity contribution in [2.45, 2.75) is 58.2 Å². The zero-order valence-electron chi connectivity index (χ0n) is 16.5. The third-order valence-corrected chi connectivity index (χ3v) is 5.68. The summed E-state index contributed by atoms with van der Waals surface area (Å²) in [5.41, 5.74) is 2.68. The number of carbonyl (C=O) groups excluding carboxylic acids is 1. The quantitative estimate of drug-likeness (QED) is 0.607. The van der Waals surface area contributed by atoms with E-state index in [0.717, 1.165) is 35.9 Å². The minimum absolute atomic E-state index is 0.393. The molecule has 26 heavy (non-hydrogen) atoms. The van der Waals surface area contributed by atoms with Gasteiger partial charge >= 0.3 is 13.1 Å². The van der Waals surface area contributed by atoms with Crippen molar-refractivity contribution in [3.63, 3.8) is 0 Å². The van der Waals surface area contributed by atoms with Gasteiger partial charge in [-0.3, -0.25) is 0 Å². The van der Waals surface area contributed by atoms with E-state index in [4.69, 9.17) is 18.8 Å². The summed E-state index contributed by atoms with van der Waals surface area (Å²) in [7, 11) is 2.53. The normalized spacial score (nSPS) is 20.8. The van der Waals surface area contributed by atoms with Crippen LogP contribution in [0.5, 0.6) is 5.75 Å². The number of benzene rings is 1. The number of ether oxygens (including phenoxy) is 2. The maximum Gasteiger partial charge on any atom is 0.495 e. The third kappa shape index (κ3) is 3.05. The molecule has 0 amide bonds. The standard InChI is InChI=1S/C20H27BO5/c1-19(2)20(3,4)26-21(25-19)16-10-8-7-9-14-13(16)11-12-15(17(14)23-5)18(22)24-6/h10-12H,7-9H2,1-6H3. The van der Waals surface area contributed by atoms with Gasteiger partial charge in [0.1, 0.15) is 11.3 Å². The van der Waals surface area contributed by atoms with Gasteiger partial charge < -0.3 is 18.8 Å². The smallest absolute Gasteiger partial charge is 0.495 e. The molecule has 0 N–H and O–H groups in total. The lowest BCUT2D eigenvalue weighted by Gasteiger charge is -2.32. The van der Waals surface area contributed by atoms with Crippen molar-refractivity contribution in [1.29, 1.82) is 0 Å². The zero-order chi connectivity index (χ0) is 19.1. The van der Waals surface area contributed by atoms with Crippen LogP contribution in [0, 0.1) is 0 Å². The molecule has 0 aromatic heterocycles. The number of methoxy groups -OCH3 is 2. The summed E-state index contributed by atoms with van der Waals surface area (Å²) in [5, 5.41) is 0. The van der Waals surface area contributed by atoms with E-state index in [1.165, 1.54) is 7.11 Å². The molecule has 0 bridgehead atoms. The van der Waals surface area contributed by atoms with Crippen LogP contribution in [-0.4, -0.2) is 38.5 Å². The van der Waals surface area contributed by atoms with Gasteiger partial charge in [-0.2, -0.15) is 0 Å². The first-order valence-corrected chi connectivity index (χ1v) is 9.06. The molecule has 0 atom stereocenters. The molecule has 6 heteroatoms. The summed E-state index contributed by atoms with van der Waals surface area (Å²) in [4.78, 5) is 12.1. The van der Waals surface area contributed by atoms with Crippen LogP contribution in [0.4, 0.5) is 0 Å². The molecule has 0 radical (unpaired) electrons. The Kier molecular flexibility index (Phi) is 4.93. The second-order valence-corrected chi connectivity index (χ2v) is 7.80. The molecule has 1 aromatic rings. The van der Waals surface area contributed by atoms with Crippen molar-refractivity contribution in [3.05, 3.63) is 34.9 Å². The first-order valence-electron chi connectivity index (χ1n) is 9.06. The van der Waals surface area contributed by atoms with E-state index < -0.39 is 24.3 Å². The molecule has 1 aliphatic carbocycles. The molecular weight excluding hydrogens is 331 g/mol. The van der Waals surface area contributed by atoms with Crippen LogP contribution in [0.15, 0.2) is 18.2 Å². The Morgan fingerprint density at radius 1 is 1.12 bits per heavy atom. The lowest BCUT2D eigenvalue weighted by molar-refractivity contribution is 0.00578. The Bertz CT molecular complexity index is 735. The maximum absolute atomic E-state index is 12.1. The molecule has 1 heterocycles. The van der Waals surface area contributed by atoms with Crippen LogP contribution in [0.1, 0.15) is 62.0 Å². The molecule has 140 valence electrons. The van der Waals surface area contributed by atoms with E-state index in [-0.39, 0.29) is 0 Å². The molecule has 1 fully saturated rings. The molecule has 3 rings (SSSR count). The lowest BCUT2D eigenvalue weighted by Crippen LogP contribution is -2.41. The minimum atomic E-state index is -0.439. The molecular formula is C20H27BO5. The van der Waals surface area contributed by atoms with Crippen LogP contribution < -0.4 is 4.74 Å². The van der Waals surface area contributed by atoms with Gasteiger partial charge in [0.25, 0.3) is 0 Å². The predicted molar refractivity (Wildman–Crippen MR) is 101 cm³/mol. The van der Waals surface area contributed by atoms with Crippen LogP contribution in [0.2, 0.25) is 0 Å². The van der Waals surface area contributed by atoms with Gasteiger partial charge in [-0.05, 0) is 64.1 Å². The molecule has 0 saturated carbocycles. The highest BCUT2D eigenvalue weighted by Gasteiger charge is 2.52. The minimum Gasteiger partial charge on any atom is -0.496 e. The number of fused-ring (bicyclic) bond motifs is 1. The summed E-state index contributed by atoms with van der Waals surface area (Å²) < 4.78 is 23.0. The summed E-state index contributed by atoms with van der Waals surface area (Å²) in [5.74, 6) is 0.189. The molecule has 1 aliphatic heterocycles. The highest BCUT2D eigenvalue weighted by molar-refractivity contribution is 6.69. The van der Waals surface area contributed by atoms with Gasteiger partial charge in [-0.15, -0.1) is 0 Å². The Balaban J connectivity index is 2.07. The van der Waals surface area contributed by atoms with E-state index in [1.807, 2.05) is 33.8 Å². The predicted octanol–water partition coefficient (Wildman–Crippen LogP) is 3.83. The van der Waals surface area contributed by atoms with Gasteiger partial charge in [0.15, 0.2) is 0 Å². The van der Waals surface area contributed by atoms with Gasteiger partial charge in [0, 0.05) is 5.56 Å². The van der Waals surface area contributed by atoms with Gasteiger partial charge in [0.2, 0.25) is 0 Å². The number of hydrogen-bond donors (Lipinski definition) is 0. The Hall–Kier alpha value is -1.79. The molecule has 1 saturated heterocycles. The highest BCUT2D eigenvalue weighted by Crippen LogP contribution is 2.43. The lowest BCUT2D eigenvalue weighted by atomic mass is 9.72. The third-order valence-electron chi connectivity index (χ3n) is 5.68. The van der Waals surface area contributed by atoms with E-state index in [2.05, 4.69) is 6.08 Å². The fraction of sp³-hybridized carbons (Fsp3) is 0.550. The Morgan fingerprint density at radius 3 is 2.35 bits per heavy atom. The number of carbonyl (C=O) groups is 1. The van der Waals surface area contributed by atoms with E-state index in [9.17, 15) is 4.79 Å². The largest absolute Gasteiger partial charge is 0.496 e. The molecule has 2 aliphatic rings. The fourth-order valence-corrected chi connectivity index (χ4v) is 3.49. The van der Waals surface area contributed by atoms with Crippen molar-refractivity contribution < 1.29 is 23.6 Å². The Morgan fingerprint density at radius 2 is 1.77 bits per heavy atom. The summed E-state index contributed by atoms with van der Waals surface area (Å²) in [6, 6.07) is 3.71. The molecule has 5 nitrogen and oxygen atoms in total. The topological polar surface area (TPSA) is 54.0 Å². The zero-order valence-corrected chi connectivity index (χ0v) is 16.5. The van der Waals surface area contributed by atoms with Crippen LogP contribution >= 0.6 is 0 Å². The second-order valence-electron chi connectivity index (χ2n) is 7.80. The average molecular weight is 358 g/mol.